The van der Waals surface area contributed by atoms with Crippen LogP contribution in [0.3, 0.4) is 0 Å². The van der Waals surface area contributed by atoms with E-state index in [1.165, 1.54) is 4.90 Å². The third-order valence-corrected chi connectivity index (χ3v) is 8.57. The number of hydrogen-bond donors (Lipinski definition) is 5. The Morgan fingerprint density at radius 3 is 2.27 bits per heavy atom. The van der Waals surface area contributed by atoms with Gasteiger partial charge < -0.3 is 39.7 Å². The molecule has 0 radical (unpaired) electrons. The number of carbonyl (C=O) groups is 2. The van der Waals surface area contributed by atoms with Gasteiger partial charge in [-0.3, -0.25) is 18.6 Å². The molecule has 0 aromatic heterocycles. The van der Waals surface area contributed by atoms with Crippen LogP contribution in [0.5, 0.6) is 0 Å². The molecule has 2 rings (SSSR count). The lowest BCUT2D eigenvalue weighted by Crippen LogP contribution is -2.55. The fourth-order valence-corrected chi connectivity index (χ4v) is 6.04. The van der Waals surface area contributed by atoms with Crippen molar-refractivity contribution in [3.63, 3.8) is 0 Å². The first-order valence-corrected chi connectivity index (χ1v) is 16.2. The molecular formula is C27H50NO12P. The number of β-amino-alcohol motifs (C(OH)–C–C–N with tert-alkyl or cyclic N) is 1. The maximum Gasteiger partial charge on any atom is 0.472 e. The zero-order valence-corrected chi connectivity index (χ0v) is 25.4. The van der Waals surface area contributed by atoms with Gasteiger partial charge in [0.05, 0.1) is 37.6 Å². The Kier molecular flexibility index (Phi) is 15.9. The van der Waals surface area contributed by atoms with Gasteiger partial charge in [-0.25, -0.2) is 4.57 Å². The average Bonchev–Trinajstić information content (AvgIpc) is 3.29. The number of amides is 1. The molecule has 0 aromatic carbocycles. The molecule has 0 spiro atoms. The second-order valence-corrected chi connectivity index (χ2v) is 12.8. The highest BCUT2D eigenvalue weighted by atomic mass is 31.2. The molecule has 0 bridgehead atoms. The lowest BCUT2D eigenvalue weighted by atomic mass is 9.92. The molecule has 13 nitrogen and oxygen atoms in total. The van der Waals surface area contributed by atoms with E-state index in [1.54, 1.807) is 20.8 Å². The summed E-state index contributed by atoms with van der Waals surface area (Å²) in [5.74, 6) is -0.423. The first-order chi connectivity index (χ1) is 19.3. The number of phosphoric acid groups is 1. The number of aliphatic hydroxyl groups is 4. The molecule has 0 aliphatic carbocycles. The number of hydrogen-bond acceptors (Lipinski definition) is 11. The molecule has 2 saturated heterocycles. The molecular weight excluding hydrogens is 561 g/mol. The SMILES string of the molecule is CC(C)OP(=O)(O)OC[C@@H]1C[C@@H](O)CN1C(=O)CCCCCCC(=O)CCCCOC1OC(CO)C(O)C(O)C1C. The predicted octanol–water partition coefficient (Wildman–Crippen LogP) is 1.66. The molecule has 5 N–H and O–H groups in total. The molecule has 2 heterocycles. The molecule has 41 heavy (non-hydrogen) atoms. The first-order valence-electron chi connectivity index (χ1n) is 14.7. The lowest BCUT2D eigenvalue weighted by Gasteiger charge is -2.40. The number of Topliss-reactive ketones (excluding diaryl/α,β-unsaturated/α-hetero) is 1. The Morgan fingerprint density at radius 1 is 1.00 bits per heavy atom. The summed E-state index contributed by atoms with van der Waals surface area (Å²) < 4.78 is 33.0. The average molecular weight is 612 g/mol. The molecule has 2 aliphatic heterocycles. The van der Waals surface area contributed by atoms with Gasteiger partial charge in [0, 0.05) is 38.3 Å². The Morgan fingerprint density at radius 2 is 1.63 bits per heavy atom. The summed E-state index contributed by atoms with van der Waals surface area (Å²) >= 11 is 0. The molecule has 2 fully saturated rings. The second kappa shape index (κ2) is 18.0. The van der Waals surface area contributed by atoms with Crippen molar-refractivity contribution < 1.29 is 58.0 Å². The highest BCUT2D eigenvalue weighted by Crippen LogP contribution is 2.45. The topological polar surface area (TPSA) is 193 Å². The van der Waals surface area contributed by atoms with Gasteiger partial charge in [-0.1, -0.05) is 19.8 Å². The Bertz CT molecular complexity index is 843. The molecule has 14 heteroatoms. The van der Waals surface area contributed by atoms with Gasteiger partial charge in [0.15, 0.2) is 6.29 Å². The maximum absolute atomic E-state index is 12.7. The predicted molar refractivity (Wildman–Crippen MR) is 148 cm³/mol. The van der Waals surface area contributed by atoms with Crippen molar-refractivity contribution in [3.8, 4) is 0 Å². The third kappa shape index (κ3) is 12.6. The van der Waals surface area contributed by atoms with Crippen molar-refractivity contribution in [2.75, 3.05) is 26.4 Å². The molecule has 2 aliphatic rings. The largest absolute Gasteiger partial charge is 0.472 e. The van der Waals surface area contributed by atoms with Crippen molar-refractivity contribution in [2.24, 2.45) is 5.92 Å². The normalized spacial score (nSPS) is 30.1. The zero-order chi connectivity index (χ0) is 30.6. The number of ether oxygens (including phenoxy) is 2. The number of carbonyl (C=O) groups excluding carboxylic acids is 2. The quantitative estimate of drug-likeness (QED) is 0.105. The zero-order valence-electron chi connectivity index (χ0n) is 24.5. The van der Waals surface area contributed by atoms with E-state index in [0.29, 0.717) is 38.7 Å². The summed E-state index contributed by atoms with van der Waals surface area (Å²) in [7, 11) is -4.23. The monoisotopic (exact) mass is 611 g/mol. The van der Waals surface area contributed by atoms with Gasteiger partial charge >= 0.3 is 7.82 Å². The number of nitrogens with zero attached hydrogens (tertiary/aromatic N) is 1. The van der Waals surface area contributed by atoms with E-state index in [9.17, 15) is 39.5 Å². The summed E-state index contributed by atoms with van der Waals surface area (Å²) in [5, 5.41) is 39.2. The van der Waals surface area contributed by atoms with Crippen LogP contribution < -0.4 is 0 Å². The van der Waals surface area contributed by atoms with Crippen molar-refractivity contribution in [3.05, 3.63) is 0 Å². The molecule has 6 unspecified atom stereocenters. The Hall–Kier alpha value is -0.990. The highest BCUT2D eigenvalue weighted by Gasteiger charge is 2.42. The smallest absolute Gasteiger partial charge is 0.394 e. The van der Waals surface area contributed by atoms with Gasteiger partial charge in [-0.2, -0.15) is 0 Å². The van der Waals surface area contributed by atoms with E-state index in [1.807, 2.05) is 0 Å². The van der Waals surface area contributed by atoms with Crippen LogP contribution in [0.25, 0.3) is 0 Å². The standard InChI is InChI=1S/C27H50NO12P/c1-18(2)40-41(35,36)38-17-20-14-22(31)15-28(20)24(32)12-7-5-4-6-10-21(30)11-8-9-13-37-27-19(3)25(33)26(34)23(16-29)39-27/h18-20,22-23,25-27,29,31,33-34H,4-17H2,1-3H3,(H,35,36)/t19?,20-,22+,23?,25?,26?,27?/m0/s1. The van der Waals surface area contributed by atoms with Crippen LogP contribution in [-0.4, -0.2) is 111 Å². The summed E-state index contributed by atoms with van der Waals surface area (Å²) in [5.41, 5.74) is 0. The molecule has 0 saturated carbocycles. The van der Waals surface area contributed by atoms with Gasteiger partial charge in [0.2, 0.25) is 5.91 Å². The molecule has 240 valence electrons. The fraction of sp³-hybridized carbons (Fsp3) is 0.926. The number of phosphoric ester groups is 1. The fourth-order valence-electron chi connectivity index (χ4n) is 5.09. The summed E-state index contributed by atoms with van der Waals surface area (Å²) in [6.45, 7) is 4.82. The third-order valence-electron chi connectivity index (χ3n) is 7.40. The van der Waals surface area contributed by atoms with E-state index in [-0.39, 0.29) is 37.7 Å². The summed E-state index contributed by atoms with van der Waals surface area (Å²) in [4.78, 5) is 36.1. The maximum atomic E-state index is 12.7. The number of rotatable bonds is 19. The van der Waals surface area contributed by atoms with Gasteiger partial charge in [0.1, 0.15) is 18.0 Å². The van der Waals surface area contributed by atoms with Crippen LogP contribution >= 0.6 is 7.82 Å². The number of ketones is 1. The second-order valence-electron chi connectivity index (χ2n) is 11.4. The Balaban J connectivity index is 1.54. The van der Waals surface area contributed by atoms with Gasteiger partial charge in [0.25, 0.3) is 0 Å². The lowest BCUT2D eigenvalue weighted by molar-refractivity contribution is -0.282. The summed E-state index contributed by atoms with van der Waals surface area (Å²) in [6.07, 6.45) is 0.705. The number of aliphatic hydroxyl groups excluding tert-OH is 4. The van der Waals surface area contributed by atoms with Crippen LogP contribution in [0.1, 0.15) is 85.0 Å². The van der Waals surface area contributed by atoms with E-state index >= 15 is 0 Å². The van der Waals surface area contributed by atoms with E-state index < -0.39 is 63.2 Å². The number of unbranched alkanes of at least 4 members (excludes halogenated alkanes) is 4. The van der Waals surface area contributed by atoms with Crippen LogP contribution in [-0.2, 0) is 32.7 Å². The highest BCUT2D eigenvalue weighted by molar-refractivity contribution is 7.47. The molecule has 8 atom stereocenters. The van der Waals surface area contributed by atoms with Crippen LogP contribution in [0.2, 0.25) is 0 Å². The molecule has 1 amide bonds. The van der Waals surface area contributed by atoms with Crippen molar-refractivity contribution in [2.45, 2.75) is 128 Å². The van der Waals surface area contributed by atoms with Crippen LogP contribution in [0.4, 0.5) is 0 Å². The van der Waals surface area contributed by atoms with Gasteiger partial charge in [-0.15, -0.1) is 0 Å². The minimum absolute atomic E-state index is 0.142. The number of likely N-dealkylation sites (tertiary alicyclic amines) is 1. The van der Waals surface area contributed by atoms with Crippen molar-refractivity contribution >= 4 is 19.5 Å². The van der Waals surface area contributed by atoms with E-state index in [2.05, 4.69) is 0 Å². The van der Waals surface area contributed by atoms with E-state index in [4.69, 9.17) is 18.5 Å². The van der Waals surface area contributed by atoms with Crippen LogP contribution in [0.15, 0.2) is 0 Å². The summed E-state index contributed by atoms with van der Waals surface area (Å²) in [6, 6.07) is -0.493. The molecule has 0 aromatic rings. The van der Waals surface area contributed by atoms with E-state index in [0.717, 1.165) is 19.3 Å². The van der Waals surface area contributed by atoms with Crippen LogP contribution in [0, 0.1) is 5.92 Å². The first kappa shape index (κ1) is 36.2. The Labute approximate surface area is 242 Å². The minimum atomic E-state index is -4.23. The van der Waals surface area contributed by atoms with Gasteiger partial charge in [-0.05, 0) is 46.0 Å². The van der Waals surface area contributed by atoms with Crippen molar-refractivity contribution in [1.82, 2.24) is 4.90 Å². The minimum Gasteiger partial charge on any atom is -0.394 e. The van der Waals surface area contributed by atoms with Crippen molar-refractivity contribution in [1.29, 1.82) is 0 Å².